The molecule has 4 atom stereocenters. The van der Waals surface area contributed by atoms with Crippen molar-refractivity contribution in [2.24, 2.45) is 22.7 Å². The number of rotatable bonds is 2. The van der Waals surface area contributed by atoms with Gasteiger partial charge in [0.05, 0.1) is 5.56 Å². The lowest BCUT2D eigenvalue weighted by Gasteiger charge is -2.63. The second-order valence-corrected chi connectivity index (χ2v) is 12.2. The van der Waals surface area contributed by atoms with Crippen molar-refractivity contribution < 1.29 is 14.3 Å². The summed E-state index contributed by atoms with van der Waals surface area (Å²) in [5.41, 5.74) is 2.25. The molecule has 3 aliphatic rings. The van der Waals surface area contributed by atoms with Gasteiger partial charge in [0.2, 0.25) is 0 Å². The summed E-state index contributed by atoms with van der Waals surface area (Å²) in [7, 11) is 0. The number of halogens is 1. The third-order valence-electron chi connectivity index (χ3n) is 8.83. The summed E-state index contributed by atoms with van der Waals surface area (Å²) < 4.78 is 13.4. The lowest BCUT2D eigenvalue weighted by molar-refractivity contribution is -0.162. The topological polar surface area (TPSA) is 35.5 Å². The van der Waals surface area contributed by atoms with E-state index in [0.29, 0.717) is 22.6 Å². The Kier molecular flexibility index (Phi) is 5.24. The van der Waals surface area contributed by atoms with Crippen LogP contribution in [0.15, 0.2) is 46.9 Å². The lowest BCUT2D eigenvalue weighted by atomic mass is 9.44. The molecule has 4 heteroatoms. The van der Waals surface area contributed by atoms with Crippen LogP contribution in [-0.2, 0) is 6.42 Å². The van der Waals surface area contributed by atoms with Crippen molar-refractivity contribution in [3.8, 4) is 11.5 Å². The van der Waals surface area contributed by atoms with Crippen molar-refractivity contribution in [2.75, 3.05) is 0 Å². The average molecular weight is 497 g/mol. The van der Waals surface area contributed by atoms with Gasteiger partial charge in [0.15, 0.2) is 0 Å². The van der Waals surface area contributed by atoms with Crippen LogP contribution >= 0.6 is 15.9 Å². The molecule has 2 aromatic rings. The molecule has 170 valence electrons. The zero-order chi connectivity index (χ0) is 22.7. The molecule has 2 fully saturated rings. The third kappa shape index (κ3) is 3.59. The SMILES string of the molecule is CC1(C)CCC[C@]2(C)[C@H]3Cc4cc(OC(=O)c5ccc(Br)cc5)ccc4O[C@@]3(C)CC[C@@H]12. The van der Waals surface area contributed by atoms with Crippen LogP contribution in [0.1, 0.15) is 75.7 Å². The minimum absolute atomic E-state index is 0.124. The molecule has 0 spiro atoms. The Hall–Kier alpha value is -1.81. The predicted molar refractivity (Wildman–Crippen MR) is 130 cm³/mol. The van der Waals surface area contributed by atoms with Crippen LogP contribution in [0.5, 0.6) is 11.5 Å². The Balaban J connectivity index is 1.42. The Morgan fingerprint density at radius 3 is 2.50 bits per heavy atom. The molecule has 0 amide bonds. The van der Waals surface area contributed by atoms with Gasteiger partial charge in [0.25, 0.3) is 0 Å². The highest BCUT2D eigenvalue weighted by Gasteiger charge is 2.60. The fourth-order valence-electron chi connectivity index (χ4n) is 7.28. The molecule has 2 aromatic carbocycles. The van der Waals surface area contributed by atoms with Crippen molar-refractivity contribution >= 4 is 21.9 Å². The molecule has 0 radical (unpaired) electrons. The van der Waals surface area contributed by atoms with Gasteiger partial charge in [-0.1, -0.05) is 43.1 Å². The molecule has 3 nitrogen and oxygen atoms in total. The number of carbonyl (C=O) groups excluding carboxylic acids is 1. The predicted octanol–water partition coefficient (Wildman–Crippen LogP) is 7.60. The summed E-state index contributed by atoms with van der Waals surface area (Å²) in [5.74, 6) is 2.40. The number of hydrogen-bond donors (Lipinski definition) is 0. The first-order valence-corrected chi connectivity index (χ1v) is 12.7. The highest BCUT2D eigenvalue weighted by molar-refractivity contribution is 9.10. The Morgan fingerprint density at radius 2 is 1.75 bits per heavy atom. The van der Waals surface area contributed by atoms with Crippen molar-refractivity contribution in [2.45, 2.75) is 71.8 Å². The van der Waals surface area contributed by atoms with E-state index in [1.807, 2.05) is 30.3 Å². The summed E-state index contributed by atoms with van der Waals surface area (Å²) in [5, 5.41) is 0. The zero-order valence-corrected chi connectivity index (χ0v) is 21.1. The minimum atomic E-state index is -0.335. The van der Waals surface area contributed by atoms with Gasteiger partial charge in [-0.2, -0.15) is 0 Å². The minimum Gasteiger partial charge on any atom is -0.487 e. The van der Waals surface area contributed by atoms with E-state index in [4.69, 9.17) is 9.47 Å². The average Bonchev–Trinajstić information content (AvgIpc) is 2.72. The van der Waals surface area contributed by atoms with Gasteiger partial charge in [0, 0.05) is 10.4 Å². The van der Waals surface area contributed by atoms with Gasteiger partial charge >= 0.3 is 5.97 Å². The van der Waals surface area contributed by atoms with E-state index in [1.54, 1.807) is 12.1 Å². The number of benzene rings is 2. The second kappa shape index (κ2) is 7.62. The van der Waals surface area contributed by atoms with Crippen LogP contribution < -0.4 is 9.47 Å². The summed E-state index contributed by atoms with van der Waals surface area (Å²) in [6.45, 7) is 9.78. The van der Waals surface area contributed by atoms with Crippen molar-refractivity contribution in [3.05, 3.63) is 58.1 Å². The van der Waals surface area contributed by atoms with Gasteiger partial charge < -0.3 is 9.47 Å². The van der Waals surface area contributed by atoms with Gasteiger partial charge in [-0.05, 0) is 104 Å². The highest BCUT2D eigenvalue weighted by Crippen LogP contribution is 2.64. The van der Waals surface area contributed by atoms with Gasteiger partial charge in [-0.3, -0.25) is 0 Å². The molecule has 0 N–H and O–H groups in total. The van der Waals surface area contributed by atoms with Gasteiger partial charge in [-0.15, -0.1) is 0 Å². The fourth-order valence-corrected chi connectivity index (χ4v) is 7.54. The molecule has 5 rings (SSSR count). The maximum absolute atomic E-state index is 12.6. The smallest absolute Gasteiger partial charge is 0.343 e. The molecule has 0 unspecified atom stereocenters. The number of esters is 1. The van der Waals surface area contributed by atoms with E-state index in [2.05, 4.69) is 43.6 Å². The molecule has 0 aromatic heterocycles. The van der Waals surface area contributed by atoms with E-state index in [9.17, 15) is 4.79 Å². The van der Waals surface area contributed by atoms with Crippen molar-refractivity contribution in [1.82, 2.24) is 0 Å². The van der Waals surface area contributed by atoms with Crippen LogP contribution in [-0.4, -0.2) is 11.6 Å². The molecule has 0 bridgehead atoms. The van der Waals surface area contributed by atoms with E-state index in [0.717, 1.165) is 29.0 Å². The quantitative estimate of drug-likeness (QED) is 0.317. The van der Waals surface area contributed by atoms with Crippen LogP contribution in [0.4, 0.5) is 0 Å². The number of fused-ring (bicyclic) bond motifs is 4. The van der Waals surface area contributed by atoms with Crippen LogP contribution in [0, 0.1) is 22.7 Å². The van der Waals surface area contributed by atoms with Crippen LogP contribution in [0.3, 0.4) is 0 Å². The Morgan fingerprint density at radius 1 is 1.00 bits per heavy atom. The number of ether oxygens (including phenoxy) is 2. The van der Waals surface area contributed by atoms with Crippen molar-refractivity contribution in [1.29, 1.82) is 0 Å². The van der Waals surface area contributed by atoms with Gasteiger partial charge in [-0.25, -0.2) is 4.79 Å². The number of hydrogen-bond acceptors (Lipinski definition) is 3. The first-order valence-electron chi connectivity index (χ1n) is 11.9. The second-order valence-electron chi connectivity index (χ2n) is 11.3. The fraction of sp³-hybridized carbons (Fsp3) is 0.536. The maximum atomic E-state index is 12.6. The Bertz CT molecular complexity index is 1040. The van der Waals surface area contributed by atoms with E-state index >= 15 is 0 Å². The number of carbonyl (C=O) groups is 1. The molecule has 2 aliphatic carbocycles. The molecule has 0 saturated heterocycles. The monoisotopic (exact) mass is 496 g/mol. The van der Waals surface area contributed by atoms with E-state index in [1.165, 1.54) is 31.2 Å². The van der Waals surface area contributed by atoms with Crippen LogP contribution in [0.2, 0.25) is 0 Å². The maximum Gasteiger partial charge on any atom is 0.343 e. The lowest BCUT2D eigenvalue weighted by Crippen LogP contribution is -2.61. The van der Waals surface area contributed by atoms with E-state index in [-0.39, 0.29) is 17.0 Å². The Labute approximate surface area is 200 Å². The molecular formula is C28H33BrO3. The summed E-state index contributed by atoms with van der Waals surface area (Å²) in [4.78, 5) is 12.6. The summed E-state index contributed by atoms with van der Waals surface area (Å²) >= 11 is 3.40. The zero-order valence-electron chi connectivity index (χ0n) is 19.5. The largest absolute Gasteiger partial charge is 0.487 e. The molecular weight excluding hydrogens is 464 g/mol. The highest BCUT2D eigenvalue weighted by atomic mass is 79.9. The standard InChI is InChI=1S/C28H33BrO3/c1-26(2)13-5-14-27(3)23(26)12-15-28(4)24(27)17-19-16-21(10-11-22(19)32-28)31-25(30)18-6-8-20(29)9-7-18/h6-11,16,23-24H,5,12-15,17H2,1-4H3/t23-,24+,27-,28-/m0/s1. The molecule has 32 heavy (non-hydrogen) atoms. The first kappa shape index (κ1) is 22.0. The molecule has 1 aliphatic heterocycles. The van der Waals surface area contributed by atoms with Gasteiger partial charge in [0.1, 0.15) is 17.1 Å². The molecule has 2 saturated carbocycles. The molecule has 1 heterocycles. The summed E-state index contributed by atoms with van der Waals surface area (Å²) in [6.07, 6.45) is 7.24. The van der Waals surface area contributed by atoms with E-state index < -0.39 is 0 Å². The summed E-state index contributed by atoms with van der Waals surface area (Å²) in [6, 6.07) is 13.1. The third-order valence-corrected chi connectivity index (χ3v) is 9.36. The first-order chi connectivity index (χ1) is 15.1. The normalized spacial score (nSPS) is 32.7. The van der Waals surface area contributed by atoms with Crippen molar-refractivity contribution in [3.63, 3.8) is 0 Å². The van der Waals surface area contributed by atoms with Crippen LogP contribution in [0.25, 0.3) is 0 Å².